The fourth-order valence-corrected chi connectivity index (χ4v) is 1.60. The lowest BCUT2D eigenvalue weighted by Gasteiger charge is -2.18. The smallest absolute Gasteiger partial charge is 0.418 e. The SMILES string of the molecule is CCC1CCCCC1.F[B-](F)(F)F.F[B-](F)(F)F.F[B-](F)(F)F. The number of hydrogen-bond donors (Lipinski definition) is 0. The number of rotatable bonds is 1. The summed E-state index contributed by atoms with van der Waals surface area (Å²) in [6.45, 7) is 2.32. The van der Waals surface area contributed by atoms with Crippen LogP contribution in [0.5, 0.6) is 0 Å². The van der Waals surface area contributed by atoms with Gasteiger partial charge in [0, 0.05) is 0 Å². The zero-order valence-electron chi connectivity index (χ0n) is 12.1. The van der Waals surface area contributed by atoms with Gasteiger partial charge in [0.25, 0.3) is 0 Å². The summed E-state index contributed by atoms with van der Waals surface area (Å²) >= 11 is 0. The molecule has 0 aliphatic heterocycles. The van der Waals surface area contributed by atoms with Crippen LogP contribution in [-0.4, -0.2) is 21.8 Å². The van der Waals surface area contributed by atoms with E-state index in [9.17, 15) is 51.8 Å². The molecule has 144 valence electrons. The molecule has 0 aromatic carbocycles. The second-order valence-electron chi connectivity index (χ2n) is 4.40. The van der Waals surface area contributed by atoms with Crippen LogP contribution in [0.4, 0.5) is 51.8 Å². The van der Waals surface area contributed by atoms with Gasteiger partial charge in [-0.2, -0.15) is 0 Å². The van der Waals surface area contributed by atoms with E-state index in [2.05, 4.69) is 6.92 Å². The van der Waals surface area contributed by atoms with E-state index in [4.69, 9.17) is 0 Å². The lowest BCUT2D eigenvalue weighted by Crippen LogP contribution is -2.03. The van der Waals surface area contributed by atoms with Crippen LogP contribution in [0, 0.1) is 5.92 Å². The minimum absolute atomic E-state index is 1.09. The largest absolute Gasteiger partial charge is 0.673 e. The average molecular weight is 373 g/mol. The summed E-state index contributed by atoms with van der Waals surface area (Å²) in [5, 5.41) is 0. The Morgan fingerprint density at radius 2 is 0.783 bits per heavy atom. The first-order chi connectivity index (χ1) is 9.93. The van der Waals surface area contributed by atoms with Crippen LogP contribution in [0.1, 0.15) is 45.4 Å². The van der Waals surface area contributed by atoms with Crippen molar-refractivity contribution >= 4 is 21.8 Å². The van der Waals surface area contributed by atoms with Crippen molar-refractivity contribution in [1.29, 1.82) is 0 Å². The molecule has 0 aromatic rings. The summed E-state index contributed by atoms with van der Waals surface area (Å²) in [5.41, 5.74) is 0. The van der Waals surface area contributed by atoms with Crippen molar-refractivity contribution in [3.8, 4) is 0 Å². The molecule has 23 heavy (non-hydrogen) atoms. The van der Waals surface area contributed by atoms with Gasteiger partial charge in [-0.05, 0) is 5.92 Å². The van der Waals surface area contributed by atoms with Crippen LogP contribution < -0.4 is 0 Å². The van der Waals surface area contributed by atoms with Gasteiger partial charge in [-0.25, -0.2) is 0 Å². The highest BCUT2D eigenvalue weighted by Crippen LogP contribution is 2.25. The molecule has 0 atom stereocenters. The standard InChI is InChI=1S/C8H16.3BF4/c1-2-8-6-4-3-5-7-8;3*2-1(3,4)5/h8H,2-7H2,1H3;;;/q;3*-1. The van der Waals surface area contributed by atoms with Gasteiger partial charge < -0.3 is 51.8 Å². The molecule has 0 bridgehead atoms. The summed E-state index contributed by atoms with van der Waals surface area (Å²) in [5.74, 6) is 1.09. The van der Waals surface area contributed by atoms with E-state index in [1.807, 2.05) is 0 Å². The molecule has 0 saturated heterocycles. The Hall–Kier alpha value is -0.645. The second-order valence-corrected chi connectivity index (χ2v) is 4.40. The first-order valence-corrected chi connectivity index (χ1v) is 6.55. The van der Waals surface area contributed by atoms with E-state index in [0.29, 0.717) is 0 Å². The van der Waals surface area contributed by atoms with E-state index >= 15 is 0 Å². The van der Waals surface area contributed by atoms with Crippen LogP contribution in [0.3, 0.4) is 0 Å². The van der Waals surface area contributed by atoms with E-state index in [1.165, 1.54) is 38.5 Å². The molecule has 0 unspecified atom stereocenters. The molecule has 0 amide bonds. The summed E-state index contributed by atoms with van der Waals surface area (Å²) in [7, 11) is -18.0. The molecule has 0 N–H and O–H groups in total. The predicted molar refractivity (Wildman–Crippen MR) is 67.4 cm³/mol. The molecule has 0 nitrogen and oxygen atoms in total. The highest BCUT2D eigenvalue weighted by molar-refractivity contribution is 6.50. The third-order valence-corrected chi connectivity index (χ3v) is 2.30. The fraction of sp³-hybridized carbons (Fsp3) is 1.00. The lowest BCUT2D eigenvalue weighted by molar-refractivity contribution is 0.349. The van der Waals surface area contributed by atoms with E-state index in [1.54, 1.807) is 0 Å². The van der Waals surface area contributed by atoms with Gasteiger partial charge in [-0.15, -0.1) is 0 Å². The van der Waals surface area contributed by atoms with Crippen LogP contribution >= 0.6 is 0 Å². The van der Waals surface area contributed by atoms with Crippen molar-refractivity contribution in [1.82, 2.24) is 0 Å². The Kier molecular flexibility index (Phi) is 15.1. The highest BCUT2D eigenvalue weighted by Gasteiger charge is 2.21. The van der Waals surface area contributed by atoms with Crippen LogP contribution in [0.25, 0.3) is 0 Å². The summed E-state index contributed by atoms with van der Waals surface area (Å²) < 4.78 is 117. The summed E-state index contributed by atoms with van der Waals surface area (Å²) in [6, 6.07) is 0. The van der Waals surface area contributed by atoms with Gasteiger partial charge in [0.1, 0.15) is 0 Å². The molecule has 1 fully saturated rings. The first kappa shape index (κ1) is 27.2. The molecular formula is C8H16B3F12-3. The Bertz CT molecular complexity index is 208. The third kappa shape index (κ3) is 91.4. The second kappa shape index (κ2) is 12.7. The molecule has 1 rings (SSSR count). The van der Waals surface area contributed by atoms with Gasteiger partial charge in [0.15, 0.2) is 0 Å². The molecule has 1 aliphatic carbocycles. The molecule has 1 saturated carbocycles. The van der Waals surface area contributed by atoms with Crippen LogP contribution in [0.15, 0.2) is 0 Å². The van der Waals surface area contributed by atoms with E-state index in [-0.39, 0.29) is 0 Å². The van der Waals surface area contributed by atoms with Crippen molar-refractivity contribution in [2.75, 3.05) is 0 Å². The van der Waals surface area contributed by atoms with Crippen molar-refractivity contribution < 1.29 is 51.8 Å². The van der Waals surface area contributed by atoms with Gasteiger partial charge in [0.2, 0.25) is 0 Å². The van der Waals surface area contributed by atoms with Crippen molar-refractivity contribution in [3.05, 3.63) is 0 Å². The molecular weight excluding hydrogens is 356 g/mol. The number of hydrogen-bond acceptors (Lipinski definition) is 0. The fourth-order valence-electron chi connectivity index (χ4n) is 1.60. The van der Waals surface area contributed by atoms with Crippen LogP contribution in [-0.2, 0) is 0 Å². The minimum Gasteiger partial charge on any atom is -0.418 e. The topological polar surface area (TPSA) is 0 Å². The molecule has 1 aliphatic rings. The molecule has 0 radical (unpaired) electrons. The third-order valence-electron chi connectivity index (χ3n) is 2.30. The molecule has 0 spiro atoms. The quantitative estimate of drug-likeness (QED) is 0.348. The van der Waals surface area contributed by atoms with Crippen molar-refractivity contribution in [2.24, 2.45) is 5.92 Å². The Balaban J connectivity index is -0.000000240. The lowest BCUT2D eigenvalue weighted by atomic mass is 9.88. The Morgan fingerprint density at radius 3 is 0.913 bits per heavy atom. The molecule has 0 heterocycles. The normalized spacial score (nSPS) is 16.0. The Labute approximate surface area is 126 Å². The predicted octanol–water partition coefficient (Wildman–Crippen LogP) is 6.88. The molecule has 0 aromatic heterocycles. The zero-order chi connectivity index (χ0) is 19.3. The maximum atomic E-state index is 9.75. The van der Waals surface area contributed by atoms with Crippen molar-refractivity contribution in [3.63, 3.8) is 0 Å². The van der Waals surface area contributed by atoms with Crippen molar-refractivity contribution in [2.45, 2.75) is 45.4 Å². The first-order valence-electron chi connectivity index (χ1n) is 6.55. The summed E-state index contributed by atoms with van der Waals surface area (Å²) in [6.07, 6.45) is 8.93. The molecule has 15 heteroatoms. The van der Waals surface area contributed by atoms with Gasteiger partial charge >= 0.3 is 21.8 Å². The van der Waals surface area contributed by atoms with Gasteiger partial charge in [-0.1, -0.05) is 45.4 Å². The summed E-state index contributed by atoms with van der Waals surface area (Å²) in [4.78, 5) is 0. The average Bonchev–Trinajstić information content (AvgIpc) is 2.23. The van der Waals surface area contributed by atoms with E-state index < -0.39 is 21.8 Å². The van der Waals surface area contributed by atoms with Gasteiger partial charge in [0.05, 0.1) is 0 Å². The maximum Gasteiger partial charge on any atom is 0.673 e. The zero-order valence-corrected chi connectivity index (χ0v) is 12.1. The monoisotopic (exact) mass is 373 g/mol. The number of halogens is 12. The minimum atomic E-state index is -6.00. The van der Waals surface area contributed by atoms with Gasteiger partial charge in [-0.3, -0.25) is 0 Å². The van der Waals surface area contributed by atoms with E-state index in [0.717, 1.165) is 5.92 Å². The Morgan fingerprint density at radius 1 is 0.565 bits per heavy atom. The van der Waals surface area contributed by atoms with Crippen LogP contribution in [0.2, 0.25) is 0 Å². The highest BCUT2D eigenvalue weighted by atomic mass is 19.5. The maximum absolute atomic E-state index is 9.75.